The van der Waals surface area contributed by atoms with Gasteiger partial charge in [0, 0.05) is 17.7 Å². The van der Waals surface area contributed by atoms with Gasteiger partial charge in [0.05, 0.1) is 30.2 Å². The van der Waals surface area contributed by atoms with E-state index in [9.17, 15) is 9.59 Å². The van der Waals surface area contributed by atoms with Gasteiger partial charge in [-0.05, 0) is 38.1 Å². The predicted octanol–water partition coefficient (Wildman–Crippen LogP) is 4.72. The Hall–Kier alpha value is -4.20. The molecule has 2 amide bonds. The van der Waals surface area contributed by atoms with E-state index >= 15 is 0 Å². The van der Waals surface area contributed by atoms with Crippen molar-refractivity contribution in [3.63, 3.8) is 0 Å². The van der Waals surface area contributed by atoms with Crippen LogP contribution in [0.25, 0.3) is 0 Å². The molecule has 1 aliphatic rings. The molecular formula is C25H24N2O6. The zero-order chi connectivity index (χ0) is 23.2. The number of rotatable bonds is 8. The zero-order valence-electron chi connectivity index (χ0n) is 18.3. The Kier molecular flexibility index (Phi) is 6.64. The number of amides is 2. The zero-order valence-corrected chi connectivity index (χ0v) is 18.3. The molecule has 1 aliphatic heterocycles. The normalized spacial score (nSPS) is 11.6. The van der Waals surface area contributed by atoms with Crippen LogP contribution in [0.5, 0.6) is 23.0 Å². The molecule has 0 spiro atoms. The first-order chi connectivity index (χ1) is 16.1. The van der Waals surface area contributed by atoms with Gasteiger partial charge < -0.3 is 29.6 Å². The van der Waals surface area contributed by atoms with E-state index in [1.54, 1.807) is 54.6 Å². The van der Waals surface area contributed by atoms with E-state index in [4.69, 9.17) is 18.9 Å². The molecule has 0 radical (unpaired) electrons. The van der Waals surface area contributed by atoms with E-state index in [0.29, 0.717) is 58.7 Å². The maximum absolute atomic E-state index is 13.0. The van der Waals surface area contributed by atoms with Gasteiger partial charge in [-0.15, -0.1) is 0 Å². The average Bonchev–Trinajstić information content (AvgIpc) is 3.31. The molecule has 1 heterocycles. The lowest BCUT2D eigenvalue weighted by molar-refractivity contribution is 0.101. The number of hydrogen-bond donors (Lipinski definition) is 2. The molecule has 8 heteroatoms. The molecule has 3 aromatic carbocycles. The molecule has 8 nitrogen and oxygen atoms in total. The number of carbonyl (C=O) groups is 2. The Labute approximate surface area is 191 Å². The molecule has 3 aromatic rings. The number of carbonyl (C=O) groups excluding carboxylic acids is 2. The monoisotopic (exact) mass is 448 g/mol. The van der Waals surface area contributed by atoms with Gasteiger partial charge in [0.25, 0.3) is 11.8 Å². The Morgan fingerprint density at radius 1 is 0.818 bits per heavy atom. The van der Waals surface area contributed by atoms with Gasteiger partial charge >= 0.3 is 0 Å². The van der Waals surface area contributed by atoms with Gasteiger partial charge in [0.2, 0.25) is 6.79 Å². The lowest BCUT2D eigenvalue weighted by atomic mass is 10.1. The quantitative estimate of drug-likeness (QED) is 0.518. The first-order valence-corrected chi connectivity index (χ1v) is 10.6. The third-order valence-corrected chi connectivity index (χ3v) is 4.86. The fourth-order valence-electron chi connectivity index (χ4n) is 3.39. The molecule has 33 heavy (non-hydrogen) atoms. The van der Waals surface area contributed by atoms with Crippen molar-refractivity contribution in [3.8, 4) is 23.0 Å². The van der Waals surface area contributed by atoms with Gasteiger partial charge in [0.15, 0.2) is 11.5 Å². The highest BCUT2D eigenvalue weighted by Crippen LogP contribution is 2.39. The summed E-state index contributed by atoms with van der Waals surface area (Å²) in [6.07, 6.45) is 0. The highest BCUT2D eigenvalue weighted by Gasteiger charge is 2.23. The Morgan fingerprint density at radius 3 is 2.09 bits per heavy atom. The second-order valence-corrected chi connectivity index (χ2v) is 7.02. The van der Waals surface area contributed by atoms with E-state index in [-0.39, 0.29) is 18.6 Å². The molecule has 0 atom stereocenters. The van der Waals surface area contributed by atoms with Crippen LogP contribution in [-0.4, -0.2) is 31.8 Å². The van der Waals surface area contributed by atoms with Crippen molar-refractivity contribution in [2.45, 2.75) is 13.8 Å². The highest BCUT2D eigenvalue weighted by molar-refractivity contribution is 6.09. The maximum Gasteiger partial charge on any atom is 0.259 e. The van der Waals surface area contributed by atoms with E-state index < -0.39 is 0 Å². The summed E-state index contributed by atoms with van der Waals surface area (Å²) in [4.78, 5) is 25.7. The van der Waals surface area contributed by atoms with Crippen molar-refractivity contribution in [1.82, 2.24) is 0 Å². The molecule has 0 fully saturated rings. The number of nitrogens with one attached hydrogen (secondary N) is 2. The topological polar surface area (TPSA) is 95.1 Å². The van der Waals surface area contributed by atoms with Crippen LogP contribution in [0.15, 0.2) is 60.7 Å². The van der Waals surface area contributed by atoms with E-state index in [2.05, 4.69) is 10.6 Å². The lowest BCUT2D eigenvalue weighted by Gasteiger charge is -2.18. The predicted molar refractivity (Wildman–Crippen MR) is 124 cm³/mol. The summed E-state index contributed by atoms with van der Waals surface area (Å²) in [5.74, 6) is 1.03. The van der Waals surface area contributed by atoms with Crippen LogP contribution in [0.1, 0.15) is 34.6 Å². The van der Waals surface area contributed by atoms with Crippen LogP contribution >= 0.6 is 0 Å². The summed E-state index contributed by atoms with van der Waals surface area (Å²) in [6, 6.07) is 17.2. The molecule has 4 rings (SSSR count). The van der Waals surface area contributed by atoms with Crippen LogP contribution < -0.4 is 29.6 Å². The van der Waals surface area contributed by atoms with E-state index in [1.807, 2.05) is 19.9 Å². The van der Waals surface area contributed by atoms with Gasteiger partial charge in [-0.25, -0.2) is 0 Å². The minimum Gasteiger partial charge on any atom is -0.492 e. The second kappa shape index (κ2) is 9.95. The largest absolute Gasteiger partial charge is 0.492 e. The fraction of sp³-hybridized carbons (Fsp3) is 0.200. The van der Waals surface area contributed by atoms with Crippen LogP contribution in [0.4, 0.5) is 11.4 Å². The molecule has 0 bridgehead atoms. The Balaban J connectivity index is 1.65. The van der Waals surface area contributed by atoms with Crippen molar-refractivity contribution in [2.75, 3.05) is 30.6 Å². The summed E-state index contributed by atoms with van der Waals surface area (Å²) < 4.78 is 22.3. The van der Waals surface area contributed by atoms with Crippen molar-refractivity contribution >= 4 is 23.2 Å². The third-order valence-electron chi connectivity index (χ3n) is 4.86. The molecule has 2 N–H and O–H groups in total. The standard InChI is InChI=1S/C25H24N2O6/c1-3-30-21-14-19(27-25(29)17-11-8-12-20-23(17)33-15-32-20)22(31-4-2)13-18(21)26-24(28)16-9-6-5-7-10-16/h5-14H,3-4,15H2,1-2H3,(H,26,28)(H,27,29). The van der Waals surface area contributed by atoms with Crippen molar-refractivity contribution in [3.05, 3.63) is 71.8 Å². The SMILES string of the molecule is CCOc1cc(NC(=O)c2cccc3c2OCO3)c(OCC)cc1NC(=O)c1ccccc1. The van der Waals surface area contributed by atoms with Crippen LogP contribution in [-0.2, 0) is 0 Å². The summed E-state index contributed by atoms with van der Waals surface area (Å²) in [7, 11) is 0. The van der Waals surface area contributed by atoms with Crippen LogP contribution in [0, 0.1) is 0 Å². The maximum atomic E-state index is 13.0. The molecule has 170 valence electrons. The second-order valence-electron chi connectivity index (χ2n) is 7.02. The first kappa shape index (κ1) is 22.0. The number of anilines is 2. The van der Waals surface area contributed by atoms with Gasteiger partial charge in [0.1, 0.15) is 11.5 Å². The lowest BCUT2D eigenvalue weighted by Crippen LogP contribution is -2.16. The van der Waals surface area contributed by atoms with E-state index in [0.717, 1.165) is 0 Å². The first-order valence-electron chi connectivity index (χ1n) is 10.6. The van der Waals surface area contributed by atoms with Crippen molar-refractivity contribution in [1.29, 1.82) is 0 Å². The van der Waals surface area contributed by atoms with Crippen LogP contribution in [0.3, 0.4) is 0 Å². The highest BCUT2D eigenvalue weighted by atomic mass is 16.7. The number of hydrogen-bond acceptors (Lipinski definition) is 6. The summed E-state index contributed by atoms with van der Waals surface area (Å²) in [6.45, 7) is 4.46. The summed E-state index contributed by atoms with van der Waals surface area (Å²) in [5, 5.41) is 5.72. The molecule has 0 unspecified atom stereocenters. The molecular weight excluding hydrogens is 424 g/mol. The molecule has 0 aliphatic carbocycles. The van der Waals surface area contributed by atoms with Crippen LogP contribution in [0.2, 0.25) is 0 Å². The summed E-state index contributed by atoms with van der Waals surface area (Å²) >= 11 is 0. The van der Waals surface area contributed by atoms with E-state index in [1.165, 1.54) is 0 Å². The Morgan fingerprint density at radius 2 is 1.45 bits per heavy atom. The van der Waals surface area contributed by atoms with Crippen molar-refractivity contribution < 1.29 is 28.5 Å². The number of benzene rings is 3. The average molecular weight is 448 g/mol. The van der Waals surface area contributed by atoms with Gasteiger partial charge in [-0.3, -0.25) is 9.59 Å². The molecule has 0 saturated heterocycles. The van der Waals surface area contributed by atoms with Gasteiger partial charge in [-0.2, -0.15) is 0 Å². The number of ether oxygens (including phenoxy) is 4. The minimum absolute atomic E-state index is 0.0636. The Bertz CT molecular complexity index is 1160. The van der Waals surface area contributed by atoms with Crippen molar-refractivity contribution in [2.24, 2.45) is 0 Å². The van der Waals surface area contributed by atoms with Gasteiger partial charge in [-0.1, -0.05) is 24.3 Å². The summed E-state index contributed by atoms with van der Waals surface area (Å²) in [5.41, 5.74) is 1.69. The minimum atomic E-state index is -0.387. The molecule has 0 aromatic heterocycles. The third kappa shape index (κ3) is 4.85. The number of fused-ring (bicyclic) bond motifs is 1. The molecule has 0 saturated carbocycles. The number of para-hydroxylation sites is 1. The smallest absolute Gasteiger partial charge is 0.259 e. The fourth-order valence-corrected chi connectivity index (χ4v) is 3.39.